The van der Waals surface area contributed by atoms with Crippen LogP contribution in [0.15, 0.2) is 23.2 Å². The van der Waals surface area contributed by atoms with Gasteiger partial charge in [0.05, 0.1) is 13.2 Å². The summed E-state index contributed by atoms with van der Waals surface area (Å²) in [6.07, 6.45) is 1.13. The van der Waals surface area contributed by atoms with Crippen molar-refractivity contribution >= 4 is 5.90 Å². The van der Waals surface area contributed by atoms with Crippen molar-refractivity contribution in [3.05, 3.63) is 29.3 Å². The van der Waals surface area contributed by atoms with E-state index in [0.29, 0.717) is 12.5 Å². The maximum atomic E-state index is 5.75. The molecule has 1 aromatic carbocycles. The predicted molar refractivity (Wildman–Crippen MR) is 73.5 cm³/mol. The lowest BCUT2D eigenvalue weighted by Crippen LogP contribution is -2.16. The van der Waals surface area contributed by atoms with Gasteiger partial charge in [0.25, 0.3) is 0 Å². The summed E-state index contributed by atoms with van der Waals surface area (Å²) < 4.78 is 11.1. The minimum absolute atomic E-state index is 0.288. The Kier molecular flexibility index (Phi) is 3.90. The van der Waals surface area contributed by atoms with Crippen molar-refractivity contribution in [1.82, 2.24) is 0 Å². The van der Waals surface area contributed by atoms with Crippen LogP contribution in [0.1, 0.15) is 31.4 Å². The zero-order valence-corrected chi connectivity index (χ0v) is 11.6. The quantitative estimate of drug-likeness (QED) is 0.818. The Balaban J connectivity index is 2.28. The molecular formula is C15H21NO2. The van der Waals surface area contributed by atoms with E-state index >= 15 is 0 Å². The van der Waals surface area contributed by atoms with Gasteiger partial charge in [-0.05, 0) is 25.0 Å². The second kappa shape index (κ2) is 5.42. The molecule has 3 nitrogen and oxygen atoms in total. The molecule has 2 atom stereocenters. The molecule has 1 aromatic rings. The first-order chi connectivity index (χ1) is 8.67. The van der Waals surface area contributed by atoms with Gasteiger partial charge in [0.15, 0.2) is 0 Å². The smallest absolute Gasteiger partial charge is 0.216 e. The molecule has 0 spiro atoms. The standard InChI is InChI=1S/C15H21NO2/c1-5-10(2)13-9-18-15(16-13)12-7-6-8-14(17-4)11(12)3/h6-8,10,13H,5,9H2,1-4H3. The minimum Gasteiger partial charge on any atom is -0.496 e. The minimum atomic E-state index is 0.288. The van der Waals surface area contributed by atoms with Gasteiger partial charge in [0, 0.05) is 11.1 Å². The zero-order valence-electron chi connectivity index (χ0n) is 11.6. The third kappa shape index (κ3) is 2.35. The molecule has 0 fully saturated rings. The van der Waals surface area contributed by atoms with E-state index < -0.39 is 0 Å². The predicted octanol–water partition coefficient (Wildman–Crippen LogP) is 3.20. The van der Waals surface area contributed by atoms with E-state index in [1.807, 2.05) is 25.1 Å². The molecule has 0 radical (unpaired) electrons. The molecule has 0 bridgehead atoms. The summed E-state index contributed by atoms with van der Waals surface area (Å²) in [5.41, 5.74) is 2.13. The molecule has 0 amide bonds. The third-order valence-electron chi connectivity index (χ3n) is 3.71. The molecular weight excluding hydrogens is 226 g/mol. The molecule has 0 saturated carbocycles. The van der Waals surface area contributed by atoms with E-state index in [4.69, 9.17) is 14.5 Å². The van der Waals surface area contributed by atoms with Crippen LogP contribution in [0, 0.1) is 12.8 Å². The number of nitrogens with zero attached hydrogens (tertiary/aromatic N) is 1. The normalized spacial score (nSPS) is 20.2. The molecule has 1 heterocycles. The summed E-state index contributed by atoms with van der Waals surface area (Å²) in [5.74, 6) is 2.20. The lowest BCUT2D eigenvalue weighted by Gasteiger charge is -2.11. The third-order valence-corrected chi connectivity index (χ3v) is 3.71. The molecule has 1 aliphatic rings. The Labute approximate surface area is 109 Å². The number of aliphatic imine (C=N–C) groups is 1. The van der Waals surface area contributed by atoms with Gasteiger partial charge in [-0.2, -0.15) is 0 Å². The summed E-state index contributed by atoms with van der Waals surface area (Å²) in [4.78, 5) is 4.70. The number of benzene rings is 1. The van der Waals surface area contributed by atoms with Crippen molar-refractivity contribution in [2.24, 2.45) is 10.9 Å². The highest BCUT2D eigenvalue weighted by Crippen LogP contribution is 2.25. The summed E-state index contributed by atoms with van der Waals surface area (Å²) in [5, 5.41) is 0. The highest BCUT2D eigenvalue weighted by atomic mass is 16.5. The largest absolute Gasteiger partial charge is 0.496 e. The molecule has 0 aliphatic carbocycles. The van der Waals surface area contributed by atoms with Gasteiger partial charge in [0.1, 0.15) is 12.4 Å². The molecule has 1 aliphatic heterocycles. The van der Waals surface area contributed by atoms with Gasteiger partial charge in [-0.1, -0.05) is 26.3 Å². The van der Waals surface area contributed by atoms with E-state index in [1.54, 1.807) is 7.11 Å². The van der Waals surface area contributed by atoms with Gasteiger partial charge in [-0.3, -0.25) is 0 Å². The van der Waals surface area contributed by atoms with Crippen LogP contribution in [0.4, 0.5) is 0 Å². The summed E-state index contributed by atoms with van der Waals surface area (Å²) in [6.45, 7) is 7.14. The fraction of sp³-hybridized carbons (Fsp3) is 0.533. The van der Waals surface area contributed by atoms with Gasteiger partial charge in [-0.15, -0.1) is 0 Å². The Morgan fingerprint density at radius 3 is 2.94 bits per heavy atom. The average Bonchev–Trinajstić information content (AvgIpc) is 2.87. The number of ether oxygens (including phenoxy) is 2. The SMILES string of the molecule is CCC(C)C1COC(c2cccc(OC)c2C)=N1. The molecule has 3 heteroatoms. The summed E-state index contributed by atoms with van der Waals surface area (Å²) in [6, 6.07) is 6.26. The Morgan fingerprint density at radius 2 is 2.28 bits per heavy atom. The second-order valence-electron chi connectivity index (χ2n) is 4.83. The van der Waals surface area contributed by atoms with Crippen LogP contribution in [0.5, 0.6) is 5.75 Å². The van der Waals surface area contributed by atoms with Crippen molar-refractivity contribution in [3.8, 4) is 5.75 Å². The Bertz CT molecular complexity index is 454. The molecule has 98 valence electrons. The van der Waals surface area contributed by atoms with E-state index in [2.05, 4.69) is 13.8 Å². The van der Waals surface area contributed by atoms with E-state index in [9.17, 15) is 0 Å². The average molecular weight is 247 g/mol. The fourth-order valence-electron chi connectivity index (χ4n) is 2.17. The first-order valence-corrected chi connectivity index (χ1v) is 6.52. The van der Waals surface area contributed by atoms with Crippen molar-refractivity contribution in [3.63, 3.8) is 0 Å². The van der Waals surface area contributed by atoms with E-state index in [0.717, 1.165) is 29.2 Å². The fourth-order valence-corrected chi connectivity index (χ4v) is 2.17. The monoisotopic (exact) mass is 247 g/mol. The first-order valence-electron chi connectivity index (χ1n) is 6.52. The summed E-state index contributed by atoms with van der Waals surface area (Å²) in [7, 11) is 1.69. The van der Waals surface area contributed by atoms with Gasteiger partial charge >= 0.3 is 0 Å². The zero-order chi connectivity index (χ0) is 13.1. The van der Waals surface area contributed by atoms with E-state index in [1.165, 1.54) is 0 Å². The van der Waals surface area contributed by atoms with Crippen molar-refractivity contribution in [2.45, 2.75) is 33.2 Å². The lowest BCUT2D eigenvalue weighted by atomic mass is 10.0. The number of hydrogen-bond donors (Lipinski definition) is 0. The van der Waals surface area contributed by atoms with Crippen molar-refractivity contribution in [1.29, 1.82) is 0 Å². The van der Waals surface area contributed by atoms with Crippen molar-refractivity contribution < 1.29 is 9.47 Å². The van der Waals surface area contributed by atoms with Gasteiger partial charge < -0.3 is 9.47 Å². The molecule has 0 saturated heterocycles. The molecule has 2 rings (SSSR count). The summed E-state index contributed by atoms with van der Waals surface area (Å²) >= 11 is 0. The Hall–Kier alpha value is -1.51. The van der Waals surface area contributed by atoms with Crippen LogP contribution in [-0.2, 0) is 4.74 Å². The van der Waals surface area contributed by atoms with Crippen LogP contribution in [0.25, 0.3) is 0 Å². The Morgan fingerprint density at radius 1 is 1.50 bits per heavy atom. The first kappa shape index (κ1) is 12.9. The number of methoxy groups -OCH3 is 1. The van der Waals surface area contributed by atoms with Crippen LogP contribution < -0.4 is 4.74 Å². The molecule has 18 heavy (non-hydrogen) atoms. The van der Waals surface area contributed by atoms with E-state index in [-0.39, 0.29) is 6.04 Å². The second-order valence-corrected chi connectivity index (χ2v) is 4.83. The highest BCUT2D eigenvalue weighted by Gasteiger charge is 2.25. The molecule has 2 unspecified atom stereocenters. The highest BCUT2D eigenvalue weighted by molar-refractivity contribution is 5.97. The van der Waals surface area contributed by atoms with Gasteiger partial charge in [0.2, 0.25) is 5.90 Å². The van der Waals surface area contributed by atoms with Crippen LogP contribution in [0.2, 0.25) is 0 Å². The van der Waals surface area contributed by atoms with Crippen LogP contribution in [-0.4, -0.2) is 25.7 Å². The van der Waals surface area contributed by atoms with Gasteiger partial charge in [-0.25, -0.2) is 4.99 Å². The van der Waals surface area contributed by atoms with Crippen LogP contribution >= 0.6 is 0 Å². The van der Waals surface area contributed by atoms with Crippen molar-refractivity contribution in [2.75, 3.05) is 13.7 Å². The maximum Gasteiger partial charge on any atom is 0.216 e. The van der Waals surface area contributed by atoms with Crippen LogP contribution in [0.3, 0.4) is 0 Å². The molecule has 0 aromatic heterocycles. The molecule has 0 N–H and O–H groups in total. The lowest BCUT2D eigenvalue weighted by molar-refractivity contribution is 0.282. The topological polar surface area (TPSA) is 30.8 Å². The number of rotatable bonds is 4. The number of hydrogen-bond acceptors (Lipinski definition) is 3. The maximum absolute atomic E-state index is 5.75.